The molecule has 14 heteroatoms. The zero-order valence-electron chi connectivity index (χ0n) is 26.4. The van der Waals surface area contributed by atoms with Crippen LogP contribution in [-0.2, 0) is 4.74 Å². The number of alkyl carbamates (subject to hydrolysis) is 1. The maximum atomic E-state index is 17.2. The number of piperidine rings is 1. The van der Waals surface area contributed by atoms with E-state index < -0.39 is 35.0 Å². The topological polar surface area (TPSA) is 108 Å². The van der Waals surface area contributed by atoms with Crippen LogP contribution in [0.1, 0.15) is 56.9 Å². The fourth-order valence-corrected chi connectivity index (χ4v) is 9.13. The summed E-state index contributed by atoms with van der Waals surface area (Å²) in [5.41, 5.74) is 0.0130. The largest absolute Gasteiger partial charge is 0.461 e. The Morgan fingerprint density at radius 1 is 1.15 bits per heavy atom. The third kappa shape index (κ3) is 4.71. The number of nitrogens with one attached hydrogen (secondary N) is 2. The molecule has 6 heterocycles. The predicted octanol–water partition coefficient (Wildman–Crippen LogP) is 6.26. The molecule has 0 bridgehead atoms. The van der Waals surface area contributed by atoms with Crippen LogP contribution >= 0.6 is 11.6 Å². The van der Waals surface area contributed by atoms with E-state index in [0.29, 0.717) is 71.9 Å². The van der Waals surface area contributed by atoms with Crippen LogP contribution in [0.2, 0.25) is 5.02 Å². The molecule has 10 nitrogen and oxygen atoms in total. The van der Waals surface area contributed by atoms with Crippen molar-refractivity contribution in [3.63, 3.8) is 0 Å². The Labute approximate surface area is 279 Å². The number of hydrogen-bond donors (Lipinski definition) is 2. The second-order valence-corrected chi connectivity index (χ2v) is 14.8. The molecule has 5 atom stereocenters. The number of carbonyl (C=O) groups excluding carboxylic acids is 1. The first kappa shape index (κ1) is 30.2. The van der Waals surface area contributed by atoms with E-state index in [1.165, 1.54) is 6.07 Å². The number of aromatic amines is 1. The fraction of sp³-hybridized carbons (Fsp3) is 0.529. The average Bonchev–Trinajstić information content (AvgIpc) is 3.42. The highest BCUT2D eigenvalue weighted by atomic mass is 35.5. The molecule has 4 saturated heterocycles. The van der Waals surface area contributed by atoms with E-state index in [-0.39, 0.29) is 47.4 Å². The number of aromatic nitrogens is 4. The van der Waals surface area contributed by atoms with Gasteiger partial charge in [0.25, 0.3) is 0 Å². The second-order valence-electron chi connectivity index (χ2n) is 14.4. The minimum Gasteiger partial charge on any atom is -0.461 e. The van der Waals surface area contributed by atoms with Gasteiger partial charge in [-0.1, -0.05) is 18.5 Å². The summed E-state index contributed by atoms with van der Waals surface area (Å²) in [4.78, 5) is 25.4. The number of carbonyl (C=O) groups is 1. The summed E-state index contributed by atoms with van der Waals surface area (Å²) in [6.07, 6.45) is 4.35. The quantitative estimate of drug-likeness (QED) is 0.246. The van der Waals surface area contributed by atoms with E-state index in [0.717, 1.165) is 25.8 Å². The molecule has 5 aliphatic rings. The summed E-state index contributed by atoms with van der Waals surface area (Å²) in [7, 11) is 0. The first-order valence-corrected chi connectivity index (χ1v) is 17.1. The summed E-state index contributed by atoms with van der Waals surface area (Å²) < 4.78 is 60.3. The molecule has 4 aromatic rings. The lowest BCUT2D eigenvalue weighted by atomic mass is 9.91. The molecule has 2 N–H and O–H groups in total. The van der Waals surface area contributed by atoms with Crippen molar-refractivity contribution in [2.75, 3.05) is 44.2 Å². The molecule has 1 saturated carbocycles. The second kappa shape index (κ2) is 10.8. The van der Waals surface area contributed by atoms with Crippen LogP contribution in [0.15, 0.2) is 18.3 Å². The van der Waals surface area contributed by atoms with Crippen LogP contribution in [0.5, 0.6) is 6.01 Å². The molecule has 252 valence electrons. The van der Waals surface area contributed by atoms with Gasteiger partial charge in [-0.15, -0.1) is 0 Å². The fourth-order valence-electron chi connectivity index (χ4n) is 8.78. The number of amides is 1. The molecular formula is C34H35ClF3N7O3. The number of anilines is 1. The zero-order valence-corrected chi connectivity index (χ0v) is 27.2. The van der Waals surface area contributed by atoms with E-state index in [1.54, 1.807) is 12.3 Å². The summed E-state index contributed by atoms with van der Waals surface area (Å²) >= 11 is 6.80. The molecule has 0 radical (unpaired) electrons. The van der Waals surface area contributed by atoms with Crippen molar-refractivity contribution >= 4 is 45.3 Å². The standard InChI is InChI=1S/C34H35ClF3N7O3/c1-17-8-19(17)25-22(35)10-24-21(12-40-43-24)26(25)27-23(37)9-20-29(28(27)38)41-31(47-16-33-4-2-7-45(33)13-18(36)11-33)42-30(20)44-6-3-5-34(15-44)14-39-32(46)48-34/h9-10,12,17-19H,2-8,11,13-16H2,1H3,(H,39,46)(H,40,43)/t17-,18-,19+,33+,34+/m1/s1. The van der Waals surface area contributed by atoms with Gasteiger partial charge in [-0.05, 0) is 68.2 Å². The van der Waals surface area contributed by atoms with Crippen molar-refractivity contribution in [3.05, 3.63) is 40.6 Å². The average molecular weight is 682 g/mol. The molecule has 9 rings (SSSR count). The van der Waals surface area contributed by atoms with Gasteiger partial charge < -0.3 is 19.7 Å². The molecule has 2 aromatic carbocycles. The summed E-state index contributed by atoms with van der Waals surface area (Å²) in [6, 6.07) is 2.96. The molecule has 5 fully saturated rings. The molecule has 48 heavy (non-hydrogen) atoms. The Morgan fingerprint density at radius 2 is 1.98 bits per heavy atom. The first-order chi connectivity index (χ1) is 23.1. The number of nitrogens with zero attached hydrogens (tertiary/aromatic N) is 5. The first-order valence-electron chi connectivity index (χ1n) is 16.7. The normalized spacial score (nSPS) is 30.0. The van der Waals surface area contributed by atoms with Gasteiger partial charge in [0.2, 0.25) is 0 Å². The Kier molecular flexibility index (Phi) is 6.82. The van der Waals surface area contributed by atoms with E-state index in [9.17, 15) is 9.18 Å². The van der Waals surface area contributed by atoms with E-state index >= 15 is 8.78 Å². The lowest BCUT2D eigenvalue weighted by Gasteiger charge is -2.39. The third-order valence-corrected chi connectivity index (χ3v) is 11.6. The minimum atomic E-state index is -0.946. The van der Waals surface area contributed by atoms with Gasteiger partial charge in [0.05, 0.1) is 35.9 Å². The van der Waals surface area contributed by atoms with Crippen LogP contribution in [0.4, 0.5) is 23.8 Å². The van der Waals surface area contributed by atoms with Gasteiger partial charge >= 0.3 is 12.1 Å². The number of fused-ring (bicyclic) bond motifs is 3. The Morgan fingerprint density at radius 3 is 2.77 bits per heavy atom. The molecule has 1 spiro atoms. The van der Waals surface area contributed by atoms with Crippen LogP contribution in [0.3, 0.4) is 0 Å². The highest BCUT2D eigenvalue weighted by Gasteiger charge is 2.50. The van der Waals surface area contributed by atoms with Crippen molar-refractivity contribution in [3.8, 4) is 17.1 Å². The number of H-pyrrole nitrogens is 1. The van der Waals surface area contributed by atoms with Crippen molar-refractivity contribution < 1.29 is 27.4 Å². The van der Waals surface area contributed by atoms with Gasteiger partial charge in [0, 0.05) is 40.9 Å². The van der Waals surface area contributed by atoms with Crippen molar-refractivity contribution in [2.45, 2.75) is 68.7 Å². The predicted molar refractivity (Wildman–Crippen MR) is 173 cm³/mol. The van der Waals surface area contributed by atoms with Crippen molar-refractivity contribution in [2.24, 2.45) is 5.92 Å². The molecular weight excluding hydrogens is 647 g/mol. The molecule has 1 aliphatic carbocycles. The number of alkyl halides is 1. The number of benzene rings is 2. The summed E-state index contributed by atoms with van der Waals surface area (Å²) in [5, 5.41) is 11.0. The van der Waals surface area contributed by atoms with Crippen LogP contribution in [0.25, 0.3) is 32.9 Å². The van der Waals surface area contributed by atoms with Gasteiger partial charge in [-0.3, -0.25) is 10.00 Å². The summed E-state index contributed by atoms with van der Waals surface area (Å²) in [5.74, 6) is -0.992. The van der Waals surface area contributed by atoms with Gasteiger partial charge in [-0.25, -0.2) is 18.0 Å². The molecule has 4 aliphatic heterocycles. The van der Waals surface area contributed by atoms with E-state index in [4.69, 9.17) is 26.1 Å². The highest BCUT2D eigenvalue weighted by Crippen LogP contribution is 2.55. The van der Waals surface area contributed by atoms with Crippen molar-refractivity contribution in [1.82, 2.24) is 30.4 Å². The van der Waals surface area contributed by atoms with Gasteiger partial charge in [0.1, 0.15) is 35.5 Å². The molecule has 2 aromatic heterocycles. The zero-order chi connectivity index (χ0) is 32.9. The maximum absolute atomic E-state index is 17.2. The Bertz CT molecular complexity index is 1990. The highest BCUT2D eigenvalue weighted by molar-refractivity contribution is 6.33. The SMILES string of the molecule is C[C@@H]1C[C@@H]1c1c(Cl)cc2[nH]ncc2c1-c1c(F)cc2c(N3CCC[C@]4(CNC(=O)O4)C3)nc(OC[C@@]34CCCN3C[C@H](F)C4)nc2c1F. The van der Waals surface area contributed by atoms with E-state index in [2.05, 4.69) is 32.3 Å². The minimum absolute atomic E-state index is 0.0489. The number of ether oxygens (including phenoxy) is 2. The lowest BCUT2D eigenvalue weighted by molar-refractivity contribution is 0.0445. The molecule has 1 amide bonds. The lowest BCUT2D eigenvalue weighted by Crippen LogP contribution is -2.51. The monoisotopic (exact) mass is 681 g/mol. The van der Waals surface area contributed by atoms with E-state index in [1.807, 2.05) is 4.90 Å². The van der Waals surface area contributed by atoms with Crippen LogP contribution in [-0.4, -0.2) is 87.8 Å². The van der Waals surface area contributed by atoms with Gasteiger partial charge in [-0.2, -0.15) is 15.1 Å². The summed E-state index contributed by atoms with van der Waals surface area (Å²) in [6.45, 7) is 4.50. The Hall–Kier alpha value is -3.84. The van der Waals surface area contributed by atoms with Crippen LogP contribution in [0, 0.1) is 17.6 Å². The number of hydrogen-bond acceptors (Lipinski definition) is 8. The van der Waals surface area contributed by atoms with Gasteiger partial charge in [0.15, 0.2) is 5.82 Å². The number of halogens is 4. The Balaban J connectivity index is 1.21. The molecule has 0 unspecified atom stereocenters. The van der Waals surface area contributed by atoms with Crippen LogP contribution < -0.4 is 15.0 Å². The third-order valence-electron chi connectivity index (χ3n) is 11.2. The maximum Gasteiger partial charge on any atom is 0.407 e. The number of rotatable bonds is 6. The van der Waals surface area contributed by atoms with Crippen molar-refractivity contribution in [1.29, 1.82) is 0 Å². The smallest absolute Gasteiger partial charge is 0.407 e.